The van der Waals surface area contributed by atoms with Crippen LogP contribution in [0.5, 0.6) is 11.5 Å². The molecule has 0 atom stereocenters. The largest absolute Gasteiger partial charge is 0.486 e. The highest BCUT2D eigenvalue weighted by Crippen LogP contribution is 2.36. The molecule has 0 unspecified atom stereocenters. The number of rotatable bonds is 5. The lowest BCUT2D eigenvalue weighted by Gasteiger charge is -2.23. The van der Waals surface area contributed by atoms with Gasteiger partial charge in [-0.15, -0.1) is 0 Å². The van der Waals surface area contributed by atoms with Gasteiger partial charge in [0, 0.05) is 25.2 Å². The van der Waals surface area contributed by atoms with Gasteiger partial charge in [-0.1, -0.05) is 0 Å². The van der Waals surface area contributed by atoms with E-state index in [1.165, 1.54) is 10.4 Å². The van der Waals surface area contributed by atoms with Crippen LogP contribution in [-0.2, 0) is 10.0 Å². The lowest BCUT2D eigenvalue weighted by Crippen LogP contribution is -2.37. The summed E-state index contributed by atoms with van der Waals surface area (Å²) >= 11 is 0. The van der Waals surface area contributed by atoms with Gasteiger partial charge in [-0.3, -0.25) is 0 Å². The van der Waals surface area contributed by atoms with Crippen LogP contribution in [0.15, 0.2) is 23.1 Å². The van der Waals surface area contributed by atoms with Crippen molar-refractivity contribution in [3.05, 3.63) is 18.2 Å². The van der Waals surface area contributed by atoms with Crippen LogP contribution in [0.1, 0.15) is 12.8 Å². The molecule has 1 aliphatic heterocycles. The predicted octanol–water partition coefficient (Wildman–Crippen LogP) is 0.570. The fraction of sp³-hybridized carbons (Fsp3) is 0.538. The fourth-order valence-corrected chi connectivity index (χ4v) is 4.02. The Bertz CT molecular complexity index is 598. The molecule has 0 bridgehead atoms. The molecule has 6 nitrogen and oxygen atoms in total. The average Bonchev–Trinajstić information content (AvgIpc) is 3.28. The summed E-state index contributed by atoms with van der Waals surface area (Å²) in [7, 11) is -3.52. The Morgan fingerprint density at radius 2 is 1.90 bits per heavy atom. The fourth-order valence-electron chi connectivity index (χ4n) is 2.31. The highest BCUT2D eigenvalue weighted by Gasteiger charge is 2.37. The zero-order chi connectivity index (χ0) is 14.2. The third kappa shape index (κ3) is 2.48. The normalized spacial score (nSPS) is 18.3. The number of fused-ring (bicyclic) bond motifs is 1. The minimum absolute atomic E-state index is 0.0942. The quantitative estimate of drug-likeness (QED) is 0.859. The van der Waals surface area contributed by atoms with Crippen LogP contribution in [0.4, 0.5) is 0 Å². The minimum Gasteiger partial charge on any atom is -0.486 e. The van der Waals surface area contributed by atoms with Gasteiger partial charge in [-0.2, -0.15) is 4.31 Å². The van der Waals surface area contributed by atoms with Crippen molar-refractivity contribution >= 4 is 10.0 Å². The Kier molecular flexibility index (Phi) is 3.57. The molecule has 1 saturated carbocycles. The molecule has 3 rings (SSSR count). The van der Waals surface area contributed by atoms with Crippen molar-refractivity contribution in [2.45, 2.75) is 23.8 Å². The van der Waals surface area contributed by atoms with E-state index in [-0.39, 0.29) is 10.9 Å². The maximum atomic E-state index is 12.7. The van der Waals surface area contributed by atoms with Gasteiger partial charge in [0.05, 0.1) is 4.90 Å². The zero-order valence-electron chi connectivity index (χ0n) is 11.1. The van der Waals surface area contributed by atoms with Crippen LogP contribution < -0.4 is 15.2 Å². The summed E-state index contributed by atoms with van der Waals surface area (Å²) in [4.78, 5) is 0.238. The van der Waals surface area contributed by atoms with Crippen LogP contribution in [0.2, 0.25) is 0 Å². The summed E-state index contributed by atoms with van der Waals surface area (Å²) < 4.78 is 37.7. The molecular formula is C13H18N2O4S. The summed E-state index contributed by atoms with van der Waals surface area (Å²) in [5, 5.41) is 0. The molecular weight excluding hydrogens is 280 g/mol. The van der Waals surface area contributed by atoms with Crippen LogP contribution >= 0.6 is 0 Å². The topological polar surface area (TPSA) is 81.9 Å². The van der Waals surface area contributed by atoms with E-state index in [1.54, 1.807) is 12.1 Å². The van der Waals surface area contributed by atoms with Crippen LogP contribution in [0.25, 0.3) is 0 Å². The van der Waals surface area contributed by atoms with Gasteiger partial charge in [0.25, 0.3) is 0 Å². The molecule has 0 radical (unpaired) electrons. The molecule has 20 heavy (non-hydrogen) atoms. The van der Waals surface area contributed by atoms with Gasteiger partial charge in [0.15, 0.2) is 11.5 Å². The molecule has 0 amide bonds. The number of ether oxygens (including phenoxy) is 2. The molecule has 1 aromatic carbocycles. The van der Waals surface area contributed by atoms with E-state index in [0.717, 1.165) is 12.8 Å². The smallest absolute Gasteiger partial charge is 0.243 e. The number of hydrogen-bond acceptors (Lipinski definition) is 5. The molecule has 1 aromatic rings. The minimum atomic E-state index is -3.52. The summed E-state index contributed by atoms with van der Waals surface area (Å²) in [6, 6.07) is 4.84. The van der Waals surface area contributed by atoms with Crippen LogP contribution in [-0.4, -0.2) is 45.1 Å². The number of nitrogens with zero attached hydrogens (tertiary/aromatic N) is 1. The number of sulfonamides is 1. The van der Waals surface area contributed by atoms with Crippen molar-refractivity contribution in [1.82, 2.24) is 4.31 Å². The second-order valence-corrected chi connectivity index (χ2v) is 6.83. The Morgan fingerprint density at radius 3 is 2.55 bits per heavy atom. The third-order valence-corrected chi connectivity index (χ3v) is 5.37. The zero-order valence-corrected chi connectivity index (χ0v) is 11.9. The number of hydrogen-bond donors (Lipinski definition) is 1. The molecule has 1 heterocycles. The van der Waals surface area contributed by atoms with E-state index in [1.807, 2.05) is 0 Å². The van der Waals surface area contributed by atoms with E-state index in [2.05, 4.69) is 0 Å². The molecule has 2 N–H and O–H groups in total. The maximum Gasteiger partial charge on any atom is 0.243 e. The summed E-state index contributed by atoms with van der Waals surface area (Å²) in [6.45, 7) is 1.59. The van der Waals surface area contributed by atoms with E-state index in [4.69, 9.17) is 15.2 Å². The first-order valence-corrected chi connectivity index (χ1v) is 8.18. The maximum absolute atomic E-state index is 12.7. The third-order valence-electron chi connectivity index (χ3n) is 3.42. The van der Waals surface area contributed by atoms with Gasteiger partial charge in [-0.05, 0) is 25.0 Å². The highest BCUT2D eigenvalue weighted by atomic mass is 32.2. The second kappa shape index (κ2) is 5.23. The molecule has 1 aliphatic carbocycles. The molecule has 0 aromatic heterocycles. The predicted molar refractivity (Wildman–Crippen MR) is 73.4 cm³/mol. The summed E-state index contributed by atoms with van der Waals surface area (Å²) in [5.74, 6) is 1.08. The molecule has 1 fully saturated rings. The van der Waals surface area contributed by atoms with Crippen molar-refractivity contribution < 1.29 is 17.9 Å². The molecule has 0 saturated heterocycles. The van der Waals surface area contributed by atoms with Gasteiger partial charge < -0.3 is 15.2 Å². The molecule has 0 spiro atoms. The second-order valence-electron chi connectivity index (χ2n) is 4.94. The average molecular weight is 298 g/mol. The lowest BCUT2D eigenvalue weighted by atomic mass is 10.3. The van der Waals surface area contributed by atoms with E-state index in [9.17, 15) is 8.42 Å². The highest BCUT2D eigenvalue weighted by molar-refractivity contribution is 7.89. The summed E-state index contributed by atoms with van der Waals surface area (Å²) in [6.07, 6.45) is 1.81. The Labute approximate surface area is 118 Å². The van der Waals surface area contributed by atoms with Gasteiger partial charge in [-0.25, -0.2) is 8.42 Å². The first kappa shape index (κ1) is 13.7. The monoisotopic (exact) mass is 298 g/mol. The first-order valence-electron chi connectivity index (χ1n) is 6.74. The van der Waals surface area contributed by atoms with Crippen molar-refractivity contribution in [2.75, 3.05) is 26.3 Å². The van der Waals surface area contributed by atoms with Crippen molar-refractivity contribution in [2.24, 2.45) is 5.73 Å². The van der Waals surface area contributed by atoms with E-state index >= 15 is 0 Å². The number of benzene rings is 1. The van der Waals surface area contributed by atoms with Crippen LogP contribution in [0, 0.1) is 0 Å². The van der Waals surface area contributed by atoms with Gasteiger partial charge in [0.2, 0.25) is 10.0 Å². The van der Waals surface area contributed by atoms with Crippen molar-refractivity contribution in [3.8, 4) is 11.5 Å². The lowest BCUT2D eigenvalue weighted by molar-refractivity contribution is 0.171. The molecule has 110 valence electrons. The van der Waals surface area contributed by atoms with Gasteiger partial charge in [0.1, 0.15) is 13.2 Å². The van der Waals surface area contributed by atoms with E-state index in [0.29, 0.717) is 37.8 Å². The van der Waals surface area contributed by atoms with Crippen molar-refractivity contribution in [1.29, 1.82) is 0 Å². The molecule has 2 aliphatic rings. The Morgan fingerprint density at radius 1 is 1.20 bits per heavy atom. The Hall–Kier alpha value is -1.31. The first-order chi connectivity index (χ1) is 9.63. The Balaban J connectivity index is 1.93. The summed E-state index contributed by atoms with van der Waals surface area (Å²) in [5.41, 5.74) is 5.53. The standard InChI is InChI=1S/C13H18N2O4S/c14-5-6-15(10-1-2-10)20(16,17)11-3-4-12-13(9-11)19-8-7-18-12/h3-4,9-10H,1-2,5-8,14H2. The van der Waals surface area contributed by atoms with Crippen molar-refractivity contribution in [3.63, 3.8) is 0 Å². The van der Waals surface area contributed by atoms with Gasteiger partial charge >= 0.3 is 0 Å². The van der Waals surface area contributed by atoms with Crippen LogP contribution in [0.3, 0.4) is 0 Å². The SMILES string of the molecule is NCCN(C1CC1)S(=O)(=O)c1ccc2c(c1)OCCO2. The number of nitrogens with two attached hydrogens (primary N) is 1. The molecule has 7 heteroatoms. The van der Waals surface area contributed by atoms with E-state index < -0.39 is 10.0 Å².